The Balaban J connectivity index is 1.34. The number of fused-ring (bicyclic) bond motifs is 1. The summed E-state index contributed by atoms with van der Waals surface area (Å²) in [5, 5.41) is 2.81. The van der Waals surface area contributed by atoms with Crippen LogP contribution in [0.15, 0.2) is 42.5 Å². The van der Waals surface area contributed by atoms with Crippen molar-refractivity contribution in [3.05, 3.63) is 53.6 Å². The molecule has 2 heterocycles. The number of alkyl halides is 3. The number of hydrogen-bond donors (Lipinski definition) is 1. The van der Waals surface area contributed by atoms with Crippen molar-refractivity contribution in [1.29, 1.82) is 0 Å². The van der Waals surface area contributed by atoms with E-state index in [1.54, 1.807) is 0 Å². The Kier molecular flexibility index (Phi) is 4.89. The molecule has 1 fully saturated rings. The smallest absolute Gasteiger partial charge is 0.416 e. The predicted octanol–water partition coefficient (Wildman–Crippen LogP) is 3.36. The highest BCUT2D eigenvalue weighted by Crippen LogP contribution is 2.31. The summed E-state index contributed by atoms with van der Waals surface area (Å²) in [6.07, 6.45) is -4.31. The van der Waals surface area contributed by atoms with Gasteiger partial charge in [0.25, 0.3) is 5.91 Å². The van der Waals surface area contributed by atoms with Crippen molar-refractivity contribution in [1.82, 2.24) is 4.90 Å². The van der Waals surface area contributed by atoms with E-state index in [1.807, 2.05) is 18.2 Å². The van der Waals surface area contributed by atoms with E-state index in [4.69, 9.17) is 4.74 Å². The Hall–Kier alpha value is -2.74. The zero-order valence-corrected chi connectivity index (χ0v) is 15.1. The van der Waals surface area contributed by atoms with Gasteiger partial charge >= 0.3 is 6.18 Å². The summed E-state index contributed by atoms with van der Waals surface area (Å²) in [4.78, 5) is 15.8. The van der Waals surface area contributed by atoms with Crippen LogP contribution >= 0.6 is 0 Å². The van der Waals surface area contributed by atoms with Gasteiger partial charge in [0, 0.05) is 38.4 Å². The van der Waals surface area contributed by atoms with Crippen LogP contribution in [0.1, 0.15) is 11.1 Å². The first kappa shape index (κ1) is 18.6. The third kappa shape index (κ3) is 4.06. The van der Waals surface area contributed by atoms with Gasteiger partial charge in [-0.3, -0.25) is 9.69 Å². The van der Waals surface area contributed by atoms with Crippen molar-refractivity contribution in [2.75, 3.05) is 43.0 Å². The van der Waals surface area contributed by atoms with Crippen molar-refractivity contribution < 1.29 is 22.7 Å². The van der Waals surface area contributed by atoms with Gasteiger partial charge in [0.15, 0.2) is 6.61 Å². The first-order valence-electron chi connectivity index (χ1n) is 9.09. The van der Waals surface area contributed by atoms with Crippen LogP contribution in [-0.4, -0.2) is 43.6 Å². The van der Waals surface area contributed by atoms with Gasteiger partial charge in [-0.1, -0.05) is 6.07 Å². The molecule has 0 atom stereocenters. The molecule has 28 heavy (non-hydrogen) atoms. The number of piperazine rings is 1. The summed E-state index contributed by atoms with van der Waals surface area (Å²) in [5.74, 6) is 0.519. The molecule has 2 aliphatic rings. The molecule has 0 bridgehead atoms. The number of halogens is 3. The molecule has 0 aliphatic carbocycles. The number of anilines is 2. The van der Waals surface area contributed by atoms with Gasteiger partial charge < -0.3 is 15.0 Å². The summed E-state index contributed by atoms with van der Waals surface area (Å²) in [6.45, 7) is 3.89. The topological polar surface area (TPSA) is 44.8 Å². The Morgan fingerprint density at radius 2 is 1.71 bits per heavy atom. The van der Waals surface area contributed by atoms with Gasteiger partial charge in [-0.2, -0.15) is 13.2 Å². The van der Waals surface area contributed by atoms with E-state index in [0.29, 0.717) is 11.4 Å². The van der Waals surface area contributed by atoms with Crippen LogP contribution in [0.5, 0.6) is 5.75 Å². The monoisotopic (exact) mass is 391 g/mol. The van der Waals surface area contributed by atoms with Crippen molar-refractivity contribution in [3.8, 4) is 5.75 Å². The third-order valence-corrected chi connectivity index (χ3v) is 5.02. The maximum Gasteiger partial charge on any atom is 0.416 e. The fraction of sp³-hybridized carbons (Fsp3) is 0.350. The molecule has 1 N–H and O–H groups in total. The number of amides is 1. The molecular weight excluding hydrogens is 371 g/mol. The minimum atomic E-state index is -4.31. The number of nitrogens with zero attached hydrogens (tertiary/aromatic N) is 2. The molecule has 4 rings (SSSR count). The minimum Gasteiger partial charge on any atom is -0.482 e. The summed E-state index contributed by atoms with van der Waals surface area (Å²) >= 11 is 0. The number of benzene rings is 2. The lowest BCUT2D eigenvalue weighted by Crippen LogP contribution is -2.46. The largest absolute Gasteiger partial charge is 0.482 e. The summed E-state index contributed by atoms with van der Waals surface area (Å²) in [7, 11) is 0. The standard InChI is InChI=1S/C20H20F3N3O2/c21-20(22,23)15-2-4-16(5-3-15)26-9-7-25(8-10-26)12-14-1-6-18-17(11-14)24-19(27)13-28-18/h1-6,11H,7-10,12-13H2,(H,24,27). The molecular formula is C20H20F3N3O2. The highest BCUT2D eigenvalue weighted by molar-refractivity contribution is 5.95. The van der Waals surface area contributed by atoms with Crippen LogP contribution in [0.2, 0.25) is 0 Å². The molecule has 0 unspecified atom stereocenters. The molecule has 0 aromatic heterocycles. The number of rotatable bonds is 3. The molecule has 1 amide bonds. The molecule has 0 radical (unpaired) electrons. The second kappa shape index (κ2) is 7.35. The van der Waals surface area contributed by atoms with E-state index < -0.39 is 11.7 Å². The molecule has 148 valence electrons. The summed E-state index contributed by atoms with van der Waals surface area (Å²) < 4.78 is 43.5. The van der Waals surface area contributed by atoms with E-state index in [2.05, 4.69) is 15.1 Å². The van der Waals surface area contributed by atoms with Gasteiger partial charge in [0.1, 0.15) is 5.75 Å². The van der Waals surface area contributed by atoms with Crippen molar-refractivity contribution in [3.63, 3.8) is 0 Å². The van der Waals surface area contributed by atoms with Gasteiger partial charge in [-0.25, -0.2) is 0 Å². The van der Waals surface area contributed by atoms with Crippen LogP contribution in [0, 0.1) is 0 Å². The first-order valence-corrected chi connectivity index (χ1v) is 9.09. The van der Waals surface area contributed by atoms with Crippen LogP contribution < -0.4 is 15.0 Å². The van der Waals surface area contributed by atoms with E-state index in [0.717, 1.165) is 56.1 Å². The zero-order valence-electron chi connectivity index (χ0n) is 15.1. The van der Waals surface area contributed by atoms with Crippen LogP contribution in [0.25, 0.3) is 0 Å². The molecule has 2 aliphatic heterocycles. The first-order chi connectivity index (χ1) is 13.4. The molecule has 0 saturated carbocycles. The quantitative estimate of drug-likeness (QED) is 0.872. The minimum absolute atomic E-state index is 0.0399. The normalized spacial score (nSPS) is 17.7. The van der Waals surface area contributed by atoms with Crippen LogP contribution in [0.3, 0.4) is 0 Å². The van der Waals surface area contributed by atoms with Crippen molar-refractivity contribution in [2.24, 2.45) is 0 Å². The molecule has 0 spiro atoms. The second-order valence-electron chi connectivity index (χ2n) is 6.98. The van der Waals surface area contributed by atoms with Gasteiger partial charge in [-0.05, 0) is 42.0 Å². The Bertz CT molecular complexity index is 860. The maximum atomic E-state index is 12.7. The third-order valence-electron chi connectivity index (χ3n) is 5.02. The second-order valence-corrected chi connectivity index (χ2v) is 6.98. The number of carbonyl (C=O) groups excluding carboxylic acids is 1. The predicted molar refractivity (Wildman–Crippen MR) is 99.5 cm³/mol. The van der Waals surface area contributed by atoms with Gasteiger partial charge in [0.2, 0.25) is 0 Å². The lowest BCUT2D eigenvalue weighted by atomic mass is 10.1. The van der Waals surface area contributed by atoms with E-state index in [1.165, 1.54) is 12.1 Å². The molecule has 2 aromatic carbocycles. The van der Waals surface area contributed by atoms with Crippen LogP contribution in [0.4, 0.5) is 24.5 Å². The SMILES string of the molecule is O=C1COc2ccc(CN3CCN(c4ccc(C(F)(F)F)cc4)CC3)cc2N1. The summed E-state index contributed by atoms with van der Waals surface area (Å²) in [6, 6.07) is 11.1. The highest BCUT2D eigenvalue weighted by atomic mass is 19.4. The summed E-state index contributed by atoms with van der Waals surface area (Å²) in [5.41, 5.74) is 1.95. The molecule has 1 saturated heterocycles. The lowest BCUT2D eigenvalue weighted by Gasteiger charge is -2.36. The molecule has 5 nitrogen and oxygen atoms in total. The van der Waals surface area contributed by atoms with E-state index in [9.17, 15) is 18.0 Å². The Morgan fingerprint density at radius 3 is 2.39 bits per heavy atom. The number of hydrogen-bond acceptors (Lipinski definition) is 4. The fourth-order valence-electron chi connectivity index (χ4n) is 3.51. The number of carbonyl (C=O) groups is 1. The lowest BCUT2D eigenvalue weighted by molar-refractivity contribution is -0.137. The van der Waals surface area contributed by atoms with Crippen molar-refractivity contribution in [2.45, 2.75) is 12.7 Å². The average molecular weight is 391 g/mol. The van der Waals surface area contributed by atoms with Crippen LogP contribution in [-0.2, 0) is 17.5 Å². The highest BCUT2D eigenvalue weighted by Gasteiger charge is 2.30. The average Bonchev–Trinajstić information content (AvgIpc) is 2.68. The number of ether oxygens (including phenoxy) is 1. The van der Waals surface area contributed by atoms with Gasteiger partial charge in [-0.15, -0.1) is 0 Å². The maximum absolute atomic E-state index is 12.7. The molecule has 2 aromatic rings. The Labute approximate surface area is 160 Å². The van der Waals surface area contributed by atoms with E-state index >= 15 is 0 Å². The van der Waals surface area contributed by atoms with Crippen molar-refractivity contribution >= 4 is 17.3 Å². The fourth-order valence-corrected chi connectivity index (χ4v) is 3.51. The van der Waals surface area contributed by atoms with E-state index in [-0.39, 0.29) is 12.5 Å². The Morgan fingerprint density at radius 1 is 1.00 bits per heavy atom. The zero-order chi connectivity index (χ0) is 19.7. The number of nitrogens with one attached hydrogen (secondary N) is 1. The van der Waals surface area contributed by atoms with Gasteiger partial charge in [0.05, 0.1) is 11.3 Å². The molecule has 8 heteroatoms.